The number of carbonyl (C=O) groups excluding carboxylic acids is 1. The minimum absolute atomic E-state index is 0.111. The molecule has 1 amide bonds. The number of nitrogens with one attached hydrogen (secondary N) is 2. The number of sulfonamides is 1. The molecule has 0 radical (unpaired) electrons. The number of hydrogen-bond donors (Lipinski definition) is 2. The van der Waals surface area contributed by atoms with Crippen LogP contribution >= 0.6 is 23.2 Å². The number of anilines is 1. The third-order valence-electron chi connectivity index (χ3n) is 4.20. The first-order valence-corrected chi connectivity index (χ1v) is 10.7. The van der Waals surface area contributed by atoms with Crippen molar-refractivity contribution >= 4 is 44.8 Å². The summed E-state index contributed by atoms with van der Waals surface area (Å²) in [6.45, 7) is 0.727. The Hall–Kier alpha value is -1.71. The summed E-state index contributed by atoms with van der Waals surface area (Å²) in [6, 6.07) is 7.51. The second-order valence-electron chi connectivity index (χ2n) is 6.21. The van der Waals surface area contributed by atoms with E-state index in [4.69, 9.17) is 27.9 Å². The standard InChI is InChI=1S/C18H17Cl2FN2O4S/c19-11-3-5-14(15(20)8-11)18(24)23-17-6-4-13(9-16(17)21)28(25,26)22-10-12-2-1-7-27-12/h3-6,8-9,12,22H,1-2,7,10H2,(H,23,24)/t12-/m0/s1. The van der Waals surface area contributed by atoms with Crippen LogP contribution in [0.15, 0.2) is 41.3 Å². The summed E-state index contributed by atoms with van der Waals surface area (Å²) in [5.41, 5.74) is -0.0607. The van der Waals surface area contributed by atoms with Crippen LogP contribution in [0.5, 0.6) is 0 Å². The van der Waals surface area contributed by atoms with Crippen LogP contribution in [0.1, 0.15) is 23.2 Å². The van der Waals surface area contributed by atoms with Crippen molar-refractivity contribution in [3.8, 4) is 0 Å². The molecule has 150 valence electrons. The zero-order valence-corrected chi connectivity index (χ0v) is 16.9. The maximum Gasteiger partial charge on any atom is 0.257 e. The molecule has 28 heavy (non-hydrogen) atoms. The minimum atomic E-state index is -3.90. The lowest BCUT2D eigenvalue weighted by Gasteiger charge is -2.13. The van der Waals surface area contributed by atoms with Crippen molar-refractivity contribution < 1.29 is 22.3 Å². The van der Waals surface area contributed by atoms with Gasteiger partial charge in [0.25, 0.3) is 5.91 Å². The highest BCUT2D eigenvalue weighted by Crippen LogP contribution is 2.24. The van der Waals surface area contributed by atoms with Crippen LogP contribution in [0, 0.1) is 5.82 Å². The lowest BCUT2D eigenvalue weighted by Crippen LogP contribution is -2.31. The predicted molar refractivity (Wildman–Crippen MR) is 105 cm³/mol. The first-order valence-electron chi connectivity index (χ1n) is 8.43. The molecule has 1 fully saturated rings. The van der Waals surface area contributed by atoms with Gasteiger partial charge in [-0.2, -0.15) is 0 Å². The zero-order valence-electron chi connectivity index (χ0n) is 14.5. The molecule has 1 aliphatic heterocycles. The number of rotatable bonds is 6. The fraction of sp³-hybridized carbons (Fsp3) is 0.278. The van der Waals surface area contributed by atoms with E-state index in [0.29, 0.717) is 11.6 Å². The van der Waals surface area contributed by atoms with Gasteiger partial charge in [-0.3, -0.25) is 4.79 Å². The Labute approximate surface area is 172 Å². The molecular weight excluding hydrogens is 430 g/mol. The van der Waals surface area contributed by atoms with E-state index in [0.717, 1.165) is 18.9 Å². The summed E-state index contributed by atoms with van der Waals surface area (Å²) in [5, 5.41) is 2.84. The van der Waals surface area contributed by atoms with E-state index in [-0.39, 0.29) is 33.8 Å². The molecule has 0 unspecified atom stereocenters. The summed E-state index contributed by atoms with van der Waals surface area (Å²) < 4.78 is 46.8. The normalized spacial score (nSPS) is 16.9. The molecule has 1 atom stereocenters. The maximum absolute atomic E-state index is 14.4. The molecule has 0 aromatic heterocycles. The highest BCUT2D eigenvalue weighted by atomic mass is 35.5. The second kappa shape index (κ2) is 8.75. The largest absolute Gasteiger partial charge is 0.377 e. The van der Waals surface area contributed by atoms with Crippen LogP contribution in [0.25, 0.3) is 0 Å². The molecular formula is C18H17Cl2FN2O4S. The van der Waals surface area contributed by atoms with Crippen LogP contribution in [-0.4, -0.2) is 33.6 Å². The molecule has 2 aromatic carbocycles. The van der Waals surface area contributed by atoms with Gasteiger partial charge in [0, 0.05) is 18.2 Å². The SMILES string of the molecule is O=C(Nc1ccc(S(=O)(=O)NC[C@@H]2CCCO2)cc1F)c1ccc(Cl)cc1Cl. The lowest BCUT2D eigenvalue weighted by molar-refractivity contribution is 0.102. The molecule has 3 rings (SSSR count). The average Bonchev–Trinajstić information content (AvgIpc) is 3.15. The van der Waals surface area contributed by atoms with Gasteiger partial charge in [0.05, 0.1) is 27.3 Å². The second-order valence-corrected chi connectivity index (χ2v) is 8.82. The van der Waals surface area contributed by atoms with Gasteiger partial charge in [-0.05, 0) is 49.2 Å². The number of benzene rings is 2. The van der Waals surface area contributed by atoms with E-state index in [1.807, 2.05) is 0 Å². The van der Waals surface area contributed by atoms with Crippen molar-refractivity contribution in [2.45, 2.75) is 23.8 Å². The monoisotopic (exact) mass is 446 g/mol. The van der Waals surface area contributed by atoms with Crippen LogP contribution in [0.3, 0.4) is 0 Å². The van der Waals surface area contributed by atoms with Crippen LogP contribution in [0.4, 0.5) is 10.1 Å². The van der Waals surface area contributed by atoms with Gasteiger partial charge < -0.3 is 10.1 Å². The van der Waals surface area contributed by atoms with Crippen molar-refractivity contribution in [2.75, 3.05) is 18.5 Å². The Balaban J connectivity index is 1.71. The summed E-state index contributed by atoms with van der Waals surface area (Å²) in [4.78, 5) is 12.0. The summed E-state index contributed by atoms with van der Waals surface area (Å²) in [6.07, 6.45) is 1.48. The summed E-state index contributed by atoms with van der Waals surface area (Å²) in [7, 11) is -3.90. The van der Waals surface area contributed by atoms with Crippen molar-refractivity contribution in [1.82, 2.24) is 4.72 Å². The average molecular weight is 447 g/mol. The van der Waals surface area contributed by atoms with E-state index in [9.17, 15) is 17.6 Å². The van der Waals surface area contributed by atoms with Gasteiger partial charge in [0.1, 0.15) is 5.82 Å². The molecule has 0 aliphatic carbocycles. The van der Waals surface area contributed by atoms with Gasteiger partial charge in [-0.1, -0.05) is 23.2 Å². The maximum atomic E-state index is 14.4. The minimum Gasteiger partial charge on any atom is -0.377 e. The molecule has 6 nitrogen and oxygen atoms in total. The van der Waals surface area contributed by atoms with Gasteiger partial charge in [0.15, 0.2) is 0 Å². The molecule has 1 heterocycles. The fourth-order valence-corrected chi connectivity index (χ4v) is 4.29. The number of amides is 1. The van der Waals surface area contributed by atoms with Gasteiger partial charge >= 0.3 is 0 Å². The molecule has 1 saturated heterocycles. The van der Waals surface area contributed by atoms with Gasteiger partial charge in [-0.25, -0.2) is 17.5 Å². The highest BCUT2D eigenvalue weighted by Gasteiger charge is 2.22. The Morgan fingerprint density at radius 2 is 2.00 bits per heavy atom. The van der Waals surface area contributed by atoms with Gasteiger partial charge in [0.2, 0.25) is 10.0 Å². The van der Waals surface area contributed by atoms with E-state index >= 15 is 0 Å². The number of hydrogen-bond acceptors (Lipinski definition) is 4. The van der Waals surface area contributed by atoms with E-state index in [1.54, 1.807) is 0 Å². The fourth-order valence-electron chi connectivity index (χ4n) is 2.72. The third-order valence-corrected chi connectivity index (χ3v) is 6.17. The van der Waals surface area contributed by atoms with E-state index in [2.05, 4.69) is 10.0 Å². The number of carbonyl (C=O) groups is 1. The Bertz CT molecular complexity index is 995. The highest BCUT2D eigenvalue weighted by molar-refractivity contribution is 7.89. The Kier molecular flexibility index (Phi) is 6.57. The first kappa shape index (κ1) is 21.0. The Morgan fingerprint density at radius 3 is 2.64 bits per heavy atom. The molecule has 0 saturated carbocycles. The molecule has 10 heteroatoms. The number of halogens is 3. The third kappa shape index (κ3) is 5.01. The molecule has 2 aromatic rings. The van der Waals surface area contributed by atoms with Crippen molar-refractivity contribution in [3.63, 3.8) is 0 Å². The van der Waals surface area contributed by atoms with Gasteiger partial charge in [-0.15, -0.1) is 0 Å². The van der Waals surface area contributed by atoms with Crippen molar-refractivity contribution in [2.24, 2.45) is 0 Å². The number of ether oxygens (including phenoxy) is 1. The lowest BCUT2D eigenvalue weighted by atomic mass is 10.2. The molecule has 2 N–H and O–H groups in total. The zero-order chi connectivity index (χ0) is 20.3. The van der Waals surface area contributed by atoms with Crippen molar-refractivity contribution in [1.29, 1.82) is 0 Å². The predicted octanol–water partition coefficient (Wildman–Crippen LogP) is 3.84. The summed E-state index contributed by atoms with van der Waals surface area (Å²) in [5.74, 6) is -1.54. The van der Waals surface area contributed by atoms with Crippen LogP contribution in [0.2, 0.25) is 10.0 Å². The smallest absolute Gasteiger partial charge is 0.257 e. The Morgan fingerprint density at radius 1 is 1.21 bits per heavy atom. The van der Waals surface area contributed by atoms with Crippen molar-refractivity contribution in [3.05, 3.63) is 57.8 Å². The van der Waals surface area contributed by atoms with Crippen LogP contribution < -0.4 is 10.0 Å². The molecule has 1 aliphatic rings. The molecule has 0 spiro atoms. The topological polar surface area (TPSA) is 84.5 Å². The van der Waals surface area contributed by atoms with Crippen LogP contribution in [-0.2, 0) is 14.8 Å². The quantitative estimate of drug-likeness (QED) is 0.705. The summed E-state index contributed by atoms with van der Waals surface area (Å²) >= 11 is 11.8. The van der Waals surface area contributed by atoms with E-state index < -0.39 is 21.7 Å². The molecule has 0 bridgehead atoms. The first-order chi connectivity index (χ1) is 13.3. The van der Waals surface area contributed by atoms with E-state index in [1.165, 1.54) is 30.3 Å².